The summed E-state index contributed by atoms with van der Waals surface area (Å²) < 4.78 is 15.6. The molecule has 1 amide bonds. The average molecular weight is 518 g/mol. The monoisotopic (exact) mass is 517 g/mol. The smallest absolute Gasteiger partial charge is 0.311 e. The minimum Gasteiger partial charge on any atom is -0.495 e. The third-order valence-corrected chi connectivity index (χ3v) is 6.38. The summed E-state index contributed by atoms with van der Waals surface area (Å²) in [4.78, 5) is 29.6. The Morgan fingerprint density at radius 2 is 1.80 bits per heavy atom. The van der Waals surface area contributed by atoms with E-state index in [1.54, 1.807) is 25.1 Å². The summed E-state index contributed by atoms with van der Waals surface area (Å²) in [6.45, 7) is 6.09. The number of rotatable bonds is 8. The molecule has 0 fully saturated rings. The topological polar surface area (TPSA) is 98.3 Å². The van der Waals surface area contributed by atoms with Crippen LogP contribution in [-0.2, 0) is 14.3 Å². The largest absolute Gasteiger partial charge is 0.495 e. The molecule has 0 saturated carbocycles. The first-order valence-electron chi connectivity index (χ1n) is 10.9. The van der Waals surface area contributed by atoms with Gasteiger partial charge in [0, 0.05) is 11.8 Å². The number of anilines is 2. The van der Waals surface area contributed by atoms with Crippen molar-refractivity contribution < 1.29 is 23.8 Å². The molecule has 3 rings (SSSR count). The van der Waals surface area contributed by atoms with E-state index in [1.807, 2.05) is 26.0 Å². The van der Waals surface area contributed by atoms with E-state index < -0.39 is 0 Å². The molecule has 2 N–H and O–H groups in total. The summed E-state index contributed by atoms with van der Waals surface area (Å²) >= 11 is 7.45. The second-order valence-corrected chi connectivity index (χ2v) is 9.11. The summed E-state index contributed by atoms with van der Waals surface area (Å²) in [6.07, 6.45) is 1.83. The molecule has 1 aliphatic rings. The first-order valence-corrected chi connectivity index (χ1v) is 12.3. The fourth-order valence-electron chi connectivity index (χ4n) is 3.32. The normalized spacial score (nSPS) is 12.4. The Hall–Kier alpha value is -3.17. The third kappa shape index (κ3) is 6.93. The Balaban J connectivity index is 1.80. The minimum absolute atomic E-state index is 0.0630. The number of fused-ring (bicyclic) bond motifs is 1. The number of aryl methyl sites for hydroxylation is 2. The van der Waals surface area contributed by atoms with Gasteiger partial charge in [-0.1, -0.05) is 23.4 Å². The predicted molar refractivity (Wildman–Crippen MR) is 142 cm³/mol. The lowest BCUT2D eigenvalue weighted by Crippen LogP contribution is -2.16. The molecule has 2 aromatic rings. The molecule has 1 heterocycles. The molecule has 0 atom stereocenters. The number of carbonyl (C=O) groups is 2. The van der Waals surface area contributed by atoms with E-state index in [0.717, 1.165) is 22.5 Å². The number of aliphatic imine (C=N–C) groups is 1. The molecule has 0 spiro atoms. The van der Waals surface area contributed by atoms with Crippen LogP contribution >= 0.6 is 23.4 Å². The van der Waals surface area contributed by atoms with Gasteiger partial charge in [-0.2, -0.15) is 0 Å². The second kappa shape index (κ2) is 12.0. The fraction of sp³-hybridized carbons (Fsp3) is 0.320. The summed E-state index contributed by atoms with van der Waals surface area (Å²) in [5.41, 5.74) is 4.79. The van der Waals surface area contributed by atoms with Gasteiger partial charge in [0.05, 0.1) is 60.1 Å². The van der Waals surface area contributed by atoms with Crippen LogP contribution in [0.1, 0.15) is 24.5 Å². The molecular formula is C25H28ClN3O5S. The van der Waals surface area contributed by atoms with Crippen molar-refractivity contribution in [1.29, 1.82) is 0 Å². The van der Waals surface area contributed by atoms with Crippen LogP contribution in [0.3, 0.4) is 0 Å². The van der Waals surface area contributed by atoms with Gasteiger partial charge in [0.2, 0.25) is 5.91 Å². The number of thioether (sulfide) groups is 1. The zero-order valence-corrected chi connectivity index (χ0v) is 21.9. The number of ether oxygens (including phenoxy) is 3. The third-order valence-electron chi connectivity index (χ3n) is 5.17. The number of hydrogen-bond donors (Lipinski definition) is 2. The van der Waals surface area contributed by atoms with Gasteiger partial charge in [-0.05, 0) is 56.2 Å². The highest BCUT2D eigenvalue weighted by molar-refractivity contribution is 8.14. The Morgan fingerprint density at radius 1 is 1.09 bits per heavy atom. The first-order chi connectivity index (χ1) is 16.7. The van der Waals surface area contributed by atoms with Gasteiger partial charge >= 0.3 is 5.97 Å². The number of hydrogen-bond acceptors (Lipinski definition) is 8. The van der Waals surface area contributed by atoms with Crippen LogP contribution in [0.5, 0.6) is 11.5 Å². The number of methoxy groups -OCH3 is 2. The molecule has 0 radical (unpaired) electrons. The molecule has 10 heteroatoms. The van der Waals surface area contributed by atoms with Gasteiger partial charge in [0.1, 0.15) is 11.5 Å². The number of nitrogens with zero attached hydrogens (tertiary/aromatic N) is 1. The van der Waals surface area contributed by atoms with E-state index in [0.29, 0.717) is 39.6 Å². The highest BCUT2D eigenvalue weighted by atomic mass is 35.5. The van der Waals surface area contributed by atoms with Gasteiger partial charge in [-0.3, -0.25) is 9.59 Å². The quantitative estimate of drug-likeness (QED) is 0.437. The van der Waals surface area contributed by atoms with E-state index in [1.165, 1.54) is 26.0 Å². The van der Waals surface area contributed by atoms with Gasteiger partial charge in [-0.15, -0.1) is 0 Å². The molecule has 0 unspecified atom stereocenters. The molecule has 0 saturated heterocycles. The van der Waals surface area contributed by atoms with Gasteiger partial charge in [-0.25, -0.2) is 4.99 Å². The number of esters is 1. The molecule has 0 aromatic heterocycles. The zero-order chi connectivity index (χ0) is 25.5. The Bertz CT molecular complexity index is 1200. The number of benzene rings is 2. The number of nitrogens with one attached hydrogen (secondary N) is 2. The summed E-state index contributed by atoms with van der Waals surface area (Å²) in [5.74, 6) is 0.338. The fourth-order valence-corrected chi connectivity index (χ4v) is 4.30. The first kappa shape index (κ1) is 26.4. The van der Waals surface area contributed by atoms with Gasteiger partial charge in [0.15, 0.2) is 0 Å². The van der Waals surface area contributed by atoms with Crippen molar-refractivity contribution in [3.05, 3.63) is 52.2 Å². The molecular weight excluding hydrogens is 490 g/mol. The molecule has 0 aliphatic carbocycles. The van der Waals surface area contributed by atoms with E-state index in [9.17, 15) is 9.59 Å². The highest BCUT2D eigenvalue weighted by Gasteiger charge is 2.18. The van der Waals surface area contributed by atoms with Crippen molar-refractivity contribution in [2.45, 2.75) is 27.2 Å². The maximum Gasteiger partial charge on any atom is 0.311 e. The lowest BCUT2D eigenvalue weighted by molar-refractivity contribution is -0.142. The molecule has 0 bridgehead atoms. The Labute approximate surface area is 214 Å². The van der Waals surface area contributed by atoms with Crippen molar-refractivity contribution >= 4 is 57.3 Å². The van der Waals surface area contributed by atoms with E-state index in [2.05, 4.69) is 10.6 Å². The summed E-state index contributed by atoms with van der Waals surface area (Å²) in [6, 6.07) is 7.15. The average Bonchev–Trinajstić information content (AvgIpc) is 2.96. The van der Waals surface area contributed by atoms with Crippen LogP contribution in [0.15, 0.2) is 41.0 Å². The van der Waals surface area contributed by atoms with Crippen molar-refractivity contribution in [3.63, 3.8) is 0 Å². The highest BCUT2D eigenvalue weighted by Crippen LogP contribution is 2.36. The Kier molecular flexibility index (Phi) is 9.06. The van der Waals surface area contributed by atoms with Crippen LogP contribution in [0.2, 0.25) is 5.02 Å². The van der Waals surface area contributed by atoms with Crippen LogP contribution < -0.4 is 20.1 Å². The SMILES string of the molecule is CCOC(=O)CC1=CC(SCC(=O)Nc2cc(Cl)c(OC)cc2OC)=Nc2cc(C)c(C)cc2N1. The van der Waals surface area contributed by atoms with Crippen LogP contribution in [0.25, 0.3) is 0 Å². The van der Waals surface area contributed by atoms with Crippen LogP contribution in [0.4, 0.5) is 17.1 Å². The second-order valence-electron chi connectivity index (χ2n) is 7.70. The van der Waals surface area contributed by atoms with Crippen LogP contribution in [0, 0.1) is 13.8 Å². The lowest BCUT2D eigenvalue weighted by atomic mass is 10.1. The lowest BCUT2D eigenvalue weighted by Gasteiger charge is -2.13. The molecule has 1 aliphatic heterocycles. The van der Waals surface area contributed by atoms with Crippen LogP contribution in [-0.4, -0.2) is 43.5 Å². The number of amides is 1. The number of carbonyl (C=O) groups excluding carboxylic acids is 2. The van der Waals surface area contributed by atoms with E-state index >= 15 is 0 Å². The minimum atomic E-state index is -0.343. The molecule has 35 heavy (non-hydrogen) atoms. The molecule has 186 valence electrons. The van der Waals surface area contributed by atoms with Crippen molar-refractivity contribution in [2.24, 2.45) is 4.99 Å². The van der Waals surface area contributed by atoms with Crippen molar-refractivity contribution in [2.75, 3.05) is 37.2 Å². The summed E-state index contributed by atoms with van der Waals surface area (Å²) in [5, 5.41) is 7.05. The maximum atomic E-state index is 12.7. The predicted octanol–water partition coefficient (Wildman–Crippen LogP) is 5.64. The number of halogens is 1. The standard InChI is InChI=1S/C25H28ClN3O5S/c1-6-34-25(31)10-16-9-24(29-19-8-15(3)14(2)7-18(19)27-16)35-13-23(30)28-20-11-17(26)21(32-4)12-22(20)33-5/h7-9,11-12,27H,6,10,13H2,1-5H3,(H,28,30). The van der Waals surface area contributed by atoms with Crippen molar-refractivity contribution in [3.8, 4) is 11.5 Å². The zero-order valence-electron chi connectivity index (χ0n) is 20.3. The molecule has 8 nitrogen and oxygen atoms in total. The van der Waals surface area contributed by atoms with E-state index in [4.69, 9.17) is 30.8 Å². The Morgan fingerprint density at radius 3 is 2.49 bits per heavy atom. The maximum absolute atomic E-state index is 12.7. The van der Waals surface area contributed by atoms with E-state index in [-0.39, 0.29) is 24.1 Å². The van der Waals surface area contributed by atoms with Gasteiger partial charge in [0.25, 0.3) is 0 Å². The summed E-state index contributed by atoms with van der Waals surface area (Å²) in [7, 11) is 3.00. The van der Waals surface area contributed by atoms with Crippen molar-refractivity contribution in [1.82, 2.24) is 0 Å². The van der Waals surface area contributed by atoms with Gasteiger partial charge < -0.3 is 24.8 Å². The molecule has 2 aromatic carbocycles.